The highest BCUT2D eigenvalue weighted by Crippen LogP contribution is 2.38. The molecule has 0 aliphatic rings. The first-order valence-corrected chi connectivity index (χ1v) is 8.39. The van der Waals surface area contributed by atoms with Crippen LogP contribution in [0.5, 0.6) is 0 Å². The summed E-state index contributed by atoms with van der Waals surface area (Å²) < 4.78 is 2.20. The van der Waals surface area contributed by atoms with E-state index < -0.39 is 0 Å². The summed E-state index contributed by atoms with van der Waals surface area (Å²) in [5, 5.41) is 2.59. The van der Waals surface area contributed by atoms with E-state index in [0.717, 1.165) is 7.14 Å². The molecule has 0 radical (unpaired) electrons. The Bertz CT molecular complexity index is 561. The predicted octanol–water partition coefficient (Wildman–Crippen LogP) is 2.42. The molecule has 104 valence electrons. The highest BCUT2D eigenvalue weighted by molar-refractivity contribution is 14.1. The van der Waals surface area contributed by atoms with Gasteiger partial charge < -0.3 is 16.0 Å². The minimum Gasteiger partial charge on any atom is -0.397 e. The van der Waals surface area contributed by atoms with Gasteiger partial charge in [0.05, 0.1) is 27.6 Å². The van der Waals surface area contributed by atoms with E-state index in [0.29, 0.717) is 20.5 Å². The van der Waals surface area contributed by atoms with Crippen LogP contribution in [0.4, 0.5) is 11.4 Å². The number of anilines is 2. The lowest BCUT2D eigenvalue weighted by atomic mass is 10.1. The molecule has 5 nitrogen and oxygen atoms in total. The first-order valence-electron chi connectivity index (χ1n) is 5.16. The molecule has 0 saturated heterocycles. The largest absolute Gasteiger partial charge is 0.397 e. The monoisotopic (exact) mass is 599 g/mol. The SMILES string of the molecule is CNC(=O)c1c(I)c(N)c(I)c(N(C)C(C)=O)c1I. The molecule has 2 amide bonds. The lowest BCUT2D eigenvalue weighted by molar-refractivity contribution is -0.116. The van der Waals surface area contributed by atoms with Crippen molar-refractivity contribution in [3.8, 4) is 0 Å². The zero-order chi connectivity index (χ0) is 14.9. The number of rotatable bonds is 2. The van der Waals surface area contributed by atoms with Crippen LogP contribution in [0.3, 0.4) is 0 Å². The zero-order valence-electron chi connectivity index (χ0n) is 10.5. The van der Waals surface area contributed by atoms with Gasteiger partial charge in [-0.2, -0.15) is 0 Å². The van der Waals surface area contributed by atoms with E-state index in [1.165, 1.54) is 11.8 Å². The first-order chi connectivity index (χ1) is 8.73. The highest BCUT2D eigenvalue weighted by Gasteiger charge is 2.25. The molecule has 1 aromatic rings. The van der Waals surface area contributed by atoms with Crippen LogP contribution >= 0.6 is 67.8 Å². The number of nitrogens with one attached hydrogen (secondary N) is 1. The van der Waals surface area contributed by atoms with E-state index in [1.807, 2.05) is 0 Å². The fourth-order valence-corrected chi connectivity index (χ4v) is 5.83. The van der Waals surface area contributed by atoms with Crippen molar-refractivity contribution in [3.05, 3.63) is 16.3 Å². The van der Waals surface area contributed by atoms with Gasteiger partial charge in [0, 0.05) is 21.0 Å². The van der Waals surface area contributed by atoms with Crippen molar-refractivity contribution in [1.82, 2.24) is 5.32 Å². The standard InChI is InChI=1S/C11H12I3N3O2/c1-4(18)17(3)10-7(13)5(11(19)16-2)6(12)9(15)8(10)14/h15H2,1-3H3,(H,16,19). The lowest BCUT2D eigenvalue weighted by Crippen LogP contribution is -2.28. The number of carbonyl (C=O) groups is 2. The zero-order valence-corrected chi connectivity index (χ0v) is 16.9. The number of halogens is 3. The highest BCUT2D eigenvalue weighted by atomic mass is 127. The molecule has 0 fully saturated rings. The normalized spacial score (nSPS) is 10.2. The van der Waals surface area contributed by atoms with Crippen LogP contribution in [0.2, 0.25) is 0 Å². The molecule has 8 heteroatoms. The average molecular weight is 599 g/mol. The minimum atomic E-state index is -0.213. The molecule has 19 heavy (non-hydrogen) atoms. The summed E-state index contributed by atoms with van der Waals surface area (Å²) in [4.78, 5) is 25.1. The van der Waals surface area contributed by atoms with Crippen LogP contribution in [0.1, 0.15) is 17.3 Å². The van der Waals surface area contributed by atoms with Gasteiger partial charge >= 0.3 is 0 Å². The predicted molar refractivity (Wildman–Crippen MR) is 101 cm³/mol. The number of nitrogen functional groups attached to an aromatic ring is 1. The number of hydrogen-bond donors (Lipinski definition) is 2. The van der Waals surface area contributed by atoms with Gasteiger partial charge in [0.25, 0.3) is 5.91 Å². The van der Waals surface area contributed by atoms with E-state index in [2.05, 4.69) is 73.1 Å². The van der Waals surface area contributed by atoms with Gasteiger partial charge in [-0.3, -0.25) is 9.59 Å². The molecule has 0 saturated carbocycles. The van der Waals surface area contributed by atoms with Gasteiger partial charge in [-0.1, -0.05) is 0 Å². The summed E-state index contributed by atoms with van der Waals surface area (Å²) in [6, 6.07) is 0. The second-order valence-electron chi connectivity index (χ2n) is 3.74. The molecule has 1 aromatic carbocycles. The third kappa shape index (κ3) is 3.25. The summed E-state index contributed by atoms with van der Waals surface area (Å²) in [5.74, 6) is -0.325. The van der Waals surface area contributed by atoms with Gasteiger partial charge in [-0.05, 0) is 67.8 Å². The molecule has 1 rings (SSSR count). The fourth-order valence-electron chi connectivity index (χ4n) is 1.45. The van der Waals surface area contributed by atoms with Crippen LogP contribution in [0.25, 0.3) is 0 Å². The quantitative estimate of drug-likeness (QED) is 0.406. The number of benzene rings is 1. The Balaban J connectivity index is 3.70. The molecule has 0 heterocycles. The van der Waals surface area contributed by atoms with Gasteiger partial charge in [-0.25, -0.2) is 0 Å². The average Bonchev–Trinajstić information content (AvgIpc) is 2.35. The molecule has 0 unspecified atom stereocenters. The molecule has 0 spiro atoms. The van der Waals surface area contributed by atoms with Gasteiger partial charge in [0.2, 0.25) is 5.91 Å². The van der Waals surface area contributed by atoms with E-state index >= 15 is 0 Å². The Morgan fingerprint density at radius 1 is 1.16 bits per heavy atom. The lowest BCUT2D eigenvalue weighted by Gasteiger charge is -2.23. The molecule has 0 atom stereocenters. The van der Waals surface area contributed by atoms with Crippen LogP contribution in [0.15, 0.2) is 0 Å². The minimum absolute atomic E-state index is 0.112. The van der Waals surface area contributed by atoms with Crippen molar-refractivity contribution in [2.75, 3.05) is 24.7 Å². The topological polar surface area (TPSA) is 75.4 Å². The smallest absolute Gasteiger partial charge is 0.253 e. The van der Waals surface area contributed by atoms with Gasteiger partial charge in [-0.15, -0.1) is 0 Å². The molecule has 0 bridgehead atoms. The van der Waals surface area contributed by atoms with Crippen molar-refractivity contribution >= 4 is 91.0 Å². The number of carbonyl (C=O) groups excluding carboxylic acids is 2. The number of nitrogens with two attached hydrogens (primary N) is 1. The van der Waals surface area contributed by atoms with E-state index in [1.54, 1.807) is 14.1 Å². The molecular formula is C11H12I3N3O2. The van der Waals surface area contributed by atoms with Crippen molar-refractivity contribution in [1.29, 1.82) is 0 Å². The van der Waals surface area contributed by atoms with Crippen LogP contribution < -0.4 is 16.0 Å². The third-order valence-electron chi connectivity index (χ3n) is 2.59. The molecular weight excluding hydrogens is 587 g/mol. The number of nitrogens with zero attached hydrogens (tertiary/aromatic N) is 1. The summed E-state index contributed by atoms with van der Waals surface area (Å²) >= 11 is 6.23. The molecule has 3 N–H and O–H groups in total. The van der Waals surface area contributed by atoms with E-state index in [-0.39, 0.29) is 11.8 Å². The Morgan fingerprint density at radius 3 is 2.11 bits per heavy atom. The Kier molecular flexibility index (Phi) is 6.10. The molecule has 0 aromatic heterocycles. The maximum atomic E-state index is 12.0. The summed E-state index contributed by atoms with van der Waals surface area (Å²) in [6.07, 6.45) is 0. The maximum absolute atomic E-state index is 12.0. The fraction of sp³-hybridized carbons (Fsp3) is 0.273. The van der Waals surface area contributed by atoms with Crippen molar-refractivity contribution in [3.63, 3.8) is 0 Å². The Labute approximate surface area is 152 Å². The van der Waals surface area contributed by atoms with E-state index in [9.17, 15) is 9.59 Å². The summed E-state index contributed by atoms with van der Waals surface area (Å²) in [5.41, 5.74) is 7.74. The Morgan fingerprint density at radius 2 is 1.68 bits per heavy atom. The summed E-state index contributed by atoms with van der Waals surface area (Å²) in [7, 11) is 3.24. The second kappa shape index (κ2) is 6.74. The third-order valence-corrected chi connectivity index (χ3v) is 5.85. The van der Waals surface area contributed by atoms with Crippen LogP contribution in [-0.2, 0) is 4.79 Å². The molecule has 0 aliphatic heterocycles. The first kappa shape index (κ1) is 17.2. The van der Waals surface area contributed by atoms with Gasteiger partial charge in [0.1, 0.15) is 0 Å². The van der Waals surface area contributed by atoms with Crippen molar-refractivity contribution < 1.29 is 9.59 Å². The second-order valence-corrected chi connectivity index (χ2v) is 6.97. The number of hydrogen-bond acceptors (Lipinski definition) is 3. The van der Waals surface area contributed by atoms with Crippen LogP contribution in [0, 0.1) is 10.7 Å². The van der Waals surface area contributed by atoms with Crippen molar-refractivity contribution in [2.45, 2.75) is 6.92 Å². The Hall–Kier alpha value is 0.150. The number of amides is 2. The molecule has 0 aliphatic carbocycles. The summed E-state index contributed by atoms with van der Waals surface area (Å²) in [6.45, 7) is 1.47. The van der Waals surface area contributed by atoms with Crippen molar-refractivity contribution in [2.24, 2.45) is 0 Å². The van der Waals surface area contributed by atoms with E-state index in [4.69, 9.17) is 5.73 Å². The van der Waals surface area contributed by atoms with Gasteiger partial charge in [0.15, 0.2) is 0 Å². The van der Waals surface area contributed by atoms with Crippen LogP contribution in [-0.4, -0.2) is 25.9 Å². The maximum Gasteiger partial charge on any atom is 0.253 e.